The Kier molecular flexibility index (Phi) is 6.33. The van der Waals surface area contributed by atoms with Gasteiger partial charge in [0.1, 0.15) is 5.82 Å². The van der Waals surface area contributed by atoms with Crippen LogP contribution in [0.3, 0.4) is 0 Å². The number of hydrogen-bond acceptors (Lipinski definition) is 4. The van der Waals surface area contributed by atoms with Crippen molar-refractivity contribution < 1.29 is 13.2 Å². The Hall–Kier alpha value is -3.13. The monoisotopic (exact) mass is 412 g/mol. The minimum atomic E-state index is -3.71. The maximum Gasteiger partial charge on any atom is 0.261 e. The van der Waals surface area contributed by atoms with E-state index in [1.165, 1.54) is 24.3 Å². The first-order valence-corrected chi connectivity index (χ1v) is 10.8. The average molecular weight is 413 g/mol. The van der Waals surface area contributed by atoms with Crippen molar-refractivity contribution in [1.82, 2.24) is 14.9 Å². The second-order valence-corrected chi connectivity index (χ2v) is 8.62. The van der Waals surface area contributed by atoms with Crippen molar-refractivity contribution in [1.29, 1.82) is 0 Å². The van der Waals surface area contributed by atoms with Crippen molar-refractivity contribution in [3.05, 3.63) is 78.4 Å². The average Bonchev–Trinajstić information content (AvgIpc) is 3.11. The molecular weight excluding hydrogens is 388 g/mol. The SMILES string of the molecule is Cc1nccn1CC(C)CNC(=O)c1ccc(S(=O)(=O)Nc2ccccc2)cc1. The molecule has 0 radical (unpaired) electrons. The van der Waals surface area contributed by atoms with Crippen molar-refractivity contribution in [2.75, 3.05) is 11.3 Å². The first-order valence-electron chi connectivity index (χ1n) is 9.29. The fourth-order valence-corrected chi connectivity index (χ4v) is 3.93. The Morgan fingerprint density at radius 3 is 2.41 bits per heavy atom. The third-order valence-electron chi connectivity index (χ3n) is 4.50. The number of anilines is 1. The number of imidazole rings is 1. The fraction of sp³-hybridized carbons (Fsp3) is 0.238. The van der Waals surface area contributed by atoms with Gasteiger partial charge in [0, 0.05) is 36.7 Å². The summed E-state index contributed by atoms with van der Waals surface area (Å²) in [6.07, 6.45) is 3.67. The van der Waals surface area contributed by atoms with Crippen LogP contribution in [-0.4, -0.2) is 30.4 Å². The van der Waals surface area contributed by atoms with Crippen LogP contribution in [0, 0.1) is 12.8 Å². The summed E-state index contributed by atoms with van der Waals surface area (Å²) >= 11 is 0. The van der Waals surface area contributed by atoms with Gasteiger partial charge in [-0.2, -0.15) is 0 Å². The molecule has 7 nitrogen and oxygen atoms in total. The molecule has 152 valence electrons. The summed E-state index contributed by atoms with van der Waals surface area (Å²) in [5, 5.41) is 2.89. The molecule has 0 saturated heterocycles. The Morgan fingerprint density at radius 1 is 1.10 bits per heavy atom. The van der Waals surface area contributed by atoms with Crippen LogP contribution in [0.15, 0.2) is 71.9 Å². The van der Waals surface area contributed by atoms with E-state index in [-0.39, 0.29) is 16.7 Å². The third kappa shape index (κ3) is 5.45. The van der Waals surface area contributed by atoms with Crippen LogP contribution in [0.2, 0.25) is 0 Å². The highest BCUT2D eigenvalue weighted by molar-refractivity contribution is 7.92. The van der Waals surface area contributed by atoms with Gasteiger partial charge in [0.2, 0.25) is 0 Å². The molecule has 1 heterocycles. The number of nitrogens with zero attached hydrogens (tertiary/aromatic N) is 2. The maximum atomic E-state index is 12.5. The lowest BCUT2D eigenvalue weighted by atomic mass is 10.1. The van der Waals surface area contributed by atoms with Gasteiger partial charge in [0.15, 0.2) is 0 Å². The van der Waals surface area contributed by atoms with E-state index in [1.807, 2.05) is 30.7 Å². The highest BCUT2D eigenvalue weighted by atomic mass is 32.2. The number of benzene rings is 2. The van der Waals surface area contributed by atoms with Crippen molar-refractivity contribution in [3.8, 4) is 0 Å². The molecule has 1 unspecified atom stereocenters. The lowest BCUT2D eigenvalue weighted by Gasteiger charge is -2.14. The number of carbonyl (C=O) groups excluding carboxylic acids is 1. The van der Waals surface area contributed by atoms with E-state index in [4.69, 9.17) is 0 Å². The van der Waals surface area contributed by atoms with Gasteiger partial charge < -0.3 is 9.88 Å². The molecule has 0 aliphatic heterocycles. The molecule has 0 bridgehead atoms. The molecule has 1 aromatic heterocycles. The van der Waals surface area contributed by atoms with E-state index in [2.05, 4.69) is 15.0 Å². The molecule has 0 saturated carbocycles. The lowest BCUT2D eigenvalue weighted by molar-refractivity contribution is 0.0946. The van der Waals surface area contributed by atoms with E-state index in [1.54, 1.807) is 30.5 Å². The van der Waals surface area contributed by atoms with Gasteiger partial charge in [0.05, 0.1) is 4.90 Å². The van der Waals surface area contributed by atoms with Crippen LogP contribution in [0.1, 0.15) is 23.1 Å². The minimum absolute atomic E-state index is 0.0989. The molecule has 0 spiro atoms. The molecule has 0 aliphatic carbocycles. The number of para-hydroxylation sites is 1. The number of amides is 1. The first-order chi connectivity index (χ1) is 13.8. The highest BCUT2D eigenvalue weighted by Gasteiger charge is 2.15. The quantitative estimate of drug-likeness (QED) is 0.595. The predicted octanol–water partition coefficient (Wildman–Crippen LogP) is 3.06. The highest BCUT2D eigenvalue weighted by Crippen LogP contribution is 2.16. The van der Waals surface area contributed by atoms with E-state index >= 15 is 0 Å². The summed E-state index contributed by atoms with van der Waals surface area (Å²) in [5.41, 5.74) is 0.895. The molecule has 2 aromatic carbocycles. The van der Waals surface area contributed by atoms with E-state index in [9.17, 15) is 13.2 Å². The molecule has 3 rings (SSSR count). The summed E-state index contributed by atoms with van der Waals surface area (Å²) in [6.45, 7) is 5.25. The smallest absolute Gasteiger partial charge is 0.261 e. The lowest BCUT2D eigenvalue weighted by Crippen LogP contribution is -2.30. The topological polar surface area (TPSA) is 93.1 Å². The first kappa shape index (κ1) is 20.6. The second kappa shape index (κ2) is 8.91. The number of nitrogens with one attached hydrogen (secondary N) is 2. The van der Waals surface area contributed by atoms with E-state index < -0.39 is 10.0 Å². The summed E-state index contributed by atoms with van der Waals surface area (Å²) in [7, 11) is -3.71. The summed E-state index contributed by atoms with van der Waals surface area (Å²) < 4.78 is 29.5. The van der Waals surface area contributed by atoms with Gasteiger partial charge >= 0.3 is 0 Å². The second-order valence-electron chi connectivity index (χ2n) is 6.94. The predicted molar refractivity (Wildman–Crippen MR) is 112 cm³/mol. The molecule has 8 heteroatoms. The van der Waals surface area contributed by atoms with Gasteiger partial charge in [0.25, 0.3) is 15.9 Å². The Labute approximate surface area is 170 Å². The molecule has 0 fully saturated rings. The van der Waals surface area contributed by atoms with Gasteiger partial charge in [-0.05, 0) is 49.2 Å². The maximum absolute atomic E-state index is 12.5. The van der Waals surface area contributed by atoms with Crippen molar-refractivity contribution in [2.45, 2.75) is 25.3 Å². The summed E-state index contributed by atoms with van der Waals surface area (Å²) in [6, 6.07) is 14.5. The fourth-order valence-electron chi connectivity index (χ4n) is 2.87. The molecule has 3 aromatic rings. The zero-order valence-corrected chi connectivity index (χ0v) is 17.2. The van der Waals surface area contributed by atoms with Crippen LogP contribution >= 0.6 is 0 Å². The minimum Gasteiger partial charge on any atom is -0.352 e. The van der Waals surface area contributed by atoms with Crippen LogP contribution in [0.4, 0.5) is 5.69 Å². The summed E-state index contributed by atoms with van der Waals surface area (Å²) in [5.74, 6) is 0.921. The van der Waals surface area contributed by atoms with Crippen LogP contribution in [-0.2, 0) is 16.6 Å². The molecular formula is C21H24N4O3S. The zero-order valence-electron chi connectivity index (χ0n) is 16.4. The number of aryl methyl sites for hydroxylation is 1. The van der Waals surface area contributed by atoms with Crippen molar-refractivity contribution >= 4 is 21.6 Å². The number of rotatable bonds is 8. The van der Waals surface area contributed by atoms with Crippen molar-refractivity contribution in [2.24, 2.45) is 5.92 Å². The normalized spacial score (nSPS) is 12.3. The molecule has 1 amide bonds. The standard InChI is InChI=1S/C21H24N4O3S/c1-16(15-25-13-12-22-17(25)2)14-23-21(26)18-8-10-20(11-9-18)29(27,28)24-19-6-4-3-5-7-19/h3-13,16,24H,14-15H2,1-2H3,(H,23,26). The zero-order chi connectivity index (χ0) is 20.9. The number of carbonyl (C=O) groups is 1. The Morgan fingerprint density at radius 2 is 1.79 bits per heavy atom. The third-order valence-corrected chi connectivity index (χ3v) is 5.89. The van der Waals surface area contributed by atoms with E-state index in [0.29, 0.717) is 17.8 Å². The molecule has 2 N–H and O–H groups in total. The van der Waals surface area contributed by atoms with Gasteiger partial charge in [-0.15, -0.1) is 0 Å². The molecule has 29 heavy (non-hydrogen) atoms. The van der Waals surface area contributed by atoms with Gasteiger partial charge in [-0.3, -0.25) is 9.52 Å². The van der Waals surface area contributed by atoms with E-state index in [0.717, 1.165) is 12.4 Å². The Balaban J connectivity index is 1.57. The number of sulfonamides is 1. The molecule has 1 atom stereocenters. The number of aromatic nitrogens is 2. The molecule has 0 aliphatic rings. The van der Waals surface area contributed by atoms with Crippen LogP contribution in [0.5, 0.6) is 0 Å². The number of hydrogen-bond donors (Lipinski definition) is 2. The van der Waals surface area contributed by atoms with Gasteiger partial charge in [-0.25, -0.2) is 13.4 Å². The van der Waals surface area contributed by atoms with Crippen molar-refractivity contribution in [3.63, 3.8) is 0 Å². The largest absolute Gasteiger partial charge is 0.352 e. The van der Waals surface area contributed by atoms with Crippen LogP contribution in [0.25, 0.3) is 0 Å². The van der Waals surface area contributed by atoms with Crippen LogP contribution < -0.4 is 10.0 Å². The van der Waals surface area contributed by atoms with Gasteiger partial charge in [-0.1, -0.05) is 25.1 Å². The summed E-state index contributed by atoms with van der Waals surface area (Å²) in [4.78, 5) is 16.7. The Bertz CT molecular complexity index is 1060.